The molecule has 2 aromatic rings. The zero-order chi connectivity index (χ0) is 22.8. The van der Waals surface area contributed by atoms with Gasteiger partial charge in [-0.15, -0.1) is 0 Å². The maximum Gasteiger partial charge on any atom is 0.416 e. The molecule has 3 rings (SSSR count). The Morgan fingerprint density at radius 2 is 1.65 bits per heavy atom. The van der Waals surface area contributed by atoms with Crippen molar-refractivity contribution in [1.82, 2.24) is 4.31 Å². The van der Waals surface area contributed by atoms with Gasteiger partial charge in [-0.05, 0) is 55.3 Å². The first kappa shape index (κ1) is 22.8. The summed E-state index contributed by atoms with van der Waals surface area (Å²) >= 11 is 0. The predicted octanol–water partition coefficient (Wildman–Crippen LogP) is 3.46. The lowest BCUT2D eigenvalue weighted by molar-refractivity contribution is -0.137. The molecular weight excluding hydrogens is 435 g/mol. The van der Waals surface area contributed by atoms with Crippen LogP contribution < -0.4 is 10.6 Å². The number of nitrogens with zero attached hydrogens (tertiary/aromatic N) is 1. The molecule has 1 heterocycles. The van der Waals surface area contributed by atoms with Crippen LogP contribution in [-0.4, -0.2) is 37.1 Å². The highest BCUT2D eigenvalue weighted by atomic mass is 32.2. The number of benzene rings is 2. The van der Waals surface area contributed by atoms with Gasteiger partial charge in [0, 0.05) is 24.8 Å². The van der Waals surface area contributed by atoms with Crippen molar-refractivity contribution < 1.29 is 31.2 Å². The number of alkyl halides is 3. The molecule has 1 fully saturated rings. The molecule has 11 heteroatoms. The summed E-state index contributed by atoms with van der Waals surface area (Å²) in [6.45, 7) is 1.38. The van der Waals surface area contributed by atoms with E-state index in [4.69, 9.17) is 0 Å². The van der Waals surface area contributed by atoms with Crippen LogP contribution in [0.2, 0.25) is 0 Å². The number of sulfonamides is 1. The summed E-state index contributed by atoms with van der Waals surface area (Å²) in [7, 11) is -4.30. The third-order valence-corrected chi connectivity index (χ3v) is 6.65. The molecule has 0 bridgehead atoms. The van der Waals surface area contributed by atoms with Crippen LogP contribution in [0.5, 0.6) is 0 Å². The molecule has 1 aliphatic rings. The van der Waals surface area contributed by atoms with Crippen molar-refractivity contribution in [1.29, 1.82) is 0 Å². The van der Waals surface area contributed by atoms with E-state index < -0.39 is 38.6 Å². The number of anilines is 2. The van der Waals surface area contributed by atoms with Gasteiger partial charge in [0.1, 0.15) is 6.04 Å². The van der Waals surface area contributed by atoms with Crippen LogP contribution in [0.25, 0.3) is 0 Å². The highest BCUT2D eigenvalue weighted by Crippen LogP contribution is 2.33. The second-order valence-corrected chi connectivity index (χ2v) is 8.94. The van der Waals surface area contributed by atoms with E-state index in [1.54, 1.807) is 24.3 Å². The molecule has 31 heavy (non-hydrogen) atoms. The molecule has 0 aliphatic carbocycles. The van der Waals surface area contributed by atoms with Crippen LogP contribution in [0.3, 0.4) is 0 Å². The van der Waals surface area contributed by atoms with Crippen LogP contribution in [0.15, 0.2) is 53.4 Å². The fourth-order valence-electron chi connectivity index (χ4n) is 3.32. The smallest absolute Gasteiger partial charge is 0.326 e. The van der Waals surface area contributed by atoms with Gasteiger partial charge in [0.25, 0.3) is 0 Å². The molecule has 166 valence electrons. The molecule has 2 aromatic carbocycles. The van der Waals surface area contributed by atoms with Gasteiger partial charge in [0.05, 0.1) is 10.5 Å². The molecule has 0 aromatic heterocycles. The second kappa shape index (κ2) is 8.67. The molecule has 1 atom stereocenters. The SMILES string of the molecule is CC(=O)Nc1ccc(NC(=O)[C@H]2CCCN2S(=O)(=O)c2cccc(C(F)(F)F)c2)cc1. The molecular formula is C20H20F3N3O4S. The van der Waals surface area contributed by atoms with Crippen molar-refractivity contribution in [3.63, 3.8) is 0 Å². The Labute approximate surface area is 177 Å². The normalized spacial score (nSPS) is 17.4. The summed E-state index contributed by atoms with van der Waals surface area (Å²) in [6, 6.07) is 8.66. The first-order valence-electron chi connectivity index (χ1n) is 9.36. The van der Waals surface area contributed by atoms with Crippen molar-refractivity contribution in [2.45, 2.75) is 36.9 Å². The van der Waals surface area contributed by atoms with E-state index >= 15 is 0 Å². The molecule has 0 saturated carbocycles. The molecule has 0 radical (unpaired) electrons. The van der Waals surface area contributed by atoms with Gasteiger partial charge in [0.2, 0.25) is 21.8 Å². The minimum atomic E-state index is -4.68. The Kier molecular flexibility index (Phi) is 6.37. The molecule has 1 saturated heterocycles. The van der Waals surface area contributed by atoms with Crippen LogP contribution in [0.4, 0.5) is 24.5 Å². The predicted molar refractivity (Wildman–Crippen MR) is 108 cm³/mol. The van der Waals surface area contributed by atoms with Crippen molar-refractivity contribution in [2.75, 3.05) is 17.2 Å². The van der Waals surface area contributed by atoms with E-state index in [1.165, 1.54) is 6.92 Å². The van der Waals surface area contributed by atoms with Gasteiger partial charge in [0.15, 0.2) is 0 Å². The number of rotatable bonds is 5. The van der Waals surface area contributed by atoms with Crippen molar-refractivity contribution in [2.24, 2.45) is 0 Å². The van der Waals surface area contributed by atoms with E-state index in [0.717, 1.165) is 22.5 Å². The van der Waals surface area contributed by atoms with Gasteiger partial charge in [-0.25, -0.2) is 8.42 Å². The van der Waals surface area contributed by atoms with Gasteiger partial charge >= 0.3 is 6.18 Å². The zero-order valence-electron chi connectivity index (χ0n) is 16.4. The molecule has 7 nitrogen and oxygen atoms in total. The summed E-state index contributed by atoms with van der Waals surface area (Å²) in [6.07, 6.45) is -4.04. The minimum absolute atomic E-state index is 0.0259. The number of nitrogens with one attached hydrogen (secondary N) is 2. The standard InChI is InChI=1S/C20H20F3N3O4S/c1-13(27)24-15-7-9-16(10-8-15)25-19(28)18-6-3-11-26(18)31(29,30)17-5-2-4-14(12-17)20(21,22)23/h2,4-5,7-10,12,18H,3,6,11H2,1H3,(H,24,27)(H,25,28)/t18-/m1/s1. The number of halogens is 3. The number of hydrogen-bond donors (Lipinski definition) is 2. The molecule has 2 N–H and O–H groups in total. The summed E-state index contributed by atoms with van der Waals surface area (Å²) in [5.74, 6) is -0.835. The Balaban J connectivity index is 1.78. The van der Waals surface area contributed by atoms with E-state index in [1.807, 2.05) is 0 Å². The number of carbonyl (C=O) groups is 2. The largest absolute Gasteiger partial charge is 0.416 e. The van der Waals surface area contributed by atoms with E-state index in [0.29, 0.717) is 23.9 Å². The third kappa shape index (κ3) is 5.23. The lowest BCUT2D eigenvalue weighted by Crippen LogP contribution is -2.43. The van der Waals surface area contributed by atoms with Gasteiger partial charge in [-0.3, -0.25) is 9.59 Å². The quantitative estimate of drug-likeness (QED) is 0.722. The molecule has 1 aliphatic heterocycles. The molecule has 0 spiro atoms. The maximum atomic E-state index is 13.0. The van der Waals surface area contributed by atoms with Gasteiger partial charge < -0.3 is 10.6 Å². The van der Waals surface area contributed by atoms with E-state index in [9.17, 15) is 31.2 Å². The van der Waals surface area contributed by atoms with Gasteiger partial charge in [-0.2, -0.15) is 17.5 Å². The number of hydrogen-bond acceptors (Lipinski definition) is 4. The van der Waals surface area contributed by atoms with Crippen molar-refractivity contribution in [3.8, 4) is 0 Å². The summed E-state index contributed by atoms with van der Waals surface area (Å²) in [5, 5.41) is 5.20. The topological polar surface area (TPSA) is 95.6 Å². The highest BCUT2D eigenvalue weighted by Gasteiger charge is 2.40. The van der Waals surface area contributed by atoms with Crippen LogP contribution in [0.1, 0.15) is 25.3 Å². The highest BCUT2D eigenvalue weighted by molar-refractivity contribution is 7.89. The number of carbonyl (C=O) groups excluding carboxylic acids is 2. The Hall–Kier alpha value is -2.92. The summed E-state index contributed by atoms with van der Waals surface area (Å²) < 4.78 is 65.8. The summed E-state index contributed by atoms with van der Waals surface area (Å²) in [4.78, 5) is 23.3. The maximum absolute atomic E-state index is 13.0. The fraction of sp³-hybridized carbons (Fsp3) is 0.300. The first-order valence-corrected chi connectivity index (χ1v) is 10.8. The first-order chi connectivity index (χ1) is 14.5. The minimum Gasteiger partial charge on any atom is -0.326 e. The van der Waals surface area contributed by atoms with E-state index in [2.05, 4.69) is 10.6 Å². The lowest BCUT2D eigenvalue weighted by Gasteiger charge is -2.24. The third-order valence-electron chi connectivity index (χ3n) is 4.75. The monoisotopic (exact) mass is 455 g/mol. The average Bonchev–Trinajstić information content (AvgIpc) is 3.19. The van der Waals surface area contributed by atoms with Crippen LogP contribution >= 0.6 is 0 Å². The van der Waals surface area contributed by atoms with Crippen molar-refractivity contribution >= 4 is 33.2 Å². The second-order valence-electron chi connectivity index (χ2n) is 7.05. The molecule has 0 unspecified atom stereocenters. The fourth-order valence-corrected chi connectivity index (χ4v) is 5.03. The number of amides is 2. The average molecular weight is 455 g/mol. The Bertz CT molecular complexity index is 1090. The molecule has 2 amide bonds. The van der Waals surface area contributed by atoms with Crippen molar-refractivity contribution in [3.05, 3.63) is 54.1 Å². The lowest BCUT2D eigenvalue weighted by atomic mass is 10.2. The van der Waals surface area contributed by atoms with Crippen LogP contribution in [0, 0.1) is 0 Å². The van der Waals surface area contributed by atoms with E-state index in [-0.39, 0.29) is 18.9 Å². The van der Waals surface area contributed by atoms with Crippen LogP contribution in [-0.2, 0) is 25.8 Å². The zero-order valence-corrected chi connectivity index (χ0v) is 17.3. The summed E-state index contributed by atoms with van der Waals surface area (Å²) in [5.41, 5.74) is -0.157. The Morgan fingerprint density at radius 1 is 1.03 bits per heavy atom. The van der Waals surface area contributed by atoms with Gasteiger partial charge in [-0.1, -0.05) is 6.07 Å². The Morgan fingerprint density at radius 3 is 2.23 bits per heavy atom.